The van der Waals surface area contributed by atoms with E-state index in [2.05, 4.69) is 15.3 Å². The Hall–Kier alpha value is -3.34. The average molecular weight is 357 g/mol. The summed E-state index contributed by atoms with van der Waals surface area (Å²) in [6.07, 6.45) is 5.21. The molecule has 5 heteroatoms. The summed E-state index contributed by atoms with van der Waals surface area (Å²) >= 11 is 0. The molecule has 5 rings (SSSR count). The first kappa shape index (κ1) is 15.9. The number of nitrogens with zero attached hydrogens (tertiary/aromatic N) is 1. The first-order valence-corrected chi connectivity index (χ1v) is 9.22. The van der Waals surface area contributed by atoms with Crippen LogP contribution in [0, 0.1) is 0 Å². The summed E-state index contributed by atoms with van der Waals surface area (Å²) in [7, 11) is 0. The number of furan rings is 1. The number of aromatic nitrogens is 2. The zero-order valence-corrected chi connectivity index (χ0v) is 14.7. The van der Waals surface area contributed by atoms with Crippen LogP contribution < -0.4 is 5.32 Å². The number of anilines is 1. The van der Waals surface area contributed by atoms with Crippen molar-refractivity contribution in [3.63, 3.8) is 0 Å². The molecule has 1 fully saturated rings. The molecule has 0 spiro atoms. The lowest BCUT2D eigenvalue weighted by Gasteiger charge is -2.22. The first-order valence-electron chi connectivity index (χ1n) is 9.22. The second-order valence-corrected chi connectivity index (χ2v) is 6.97. The summed E-state index contributed by atoms with van der Waals surface area (Å²) in [6, 6.07) is 17.3. The van der Waals surface area contributed by atoms with Gasteiger partial charge in [0.25, 0.3) is 5.91 Å². The van der Waals surface area contributed by atoms with E-state index in [0.717, 1.165) is 28.0 Å². The number of H-pyrrole nitrogens is 1. The molecule has 5 nitrogen and oxygen atoms in total. The summed E-state index contributed by atoms with van der Waals surface area (Å²) in [6.45, 7) is 0. The predicted octanol–water partition coefficient (Wildman–Crippen LogP) is 5.34. The molecule has 27 heavy (non-hydrogen) atoms. The molecule has 134 valence electrons. The van der Waals surface area contributed by atoms with Gasteiger partial charge in [-0.25, -0.2) is 4.98 Å². The molecule has 2 aromatic heterocycles. The summed E-state index contributed by atoms with van der Waals surface area (Å²) < 4.78 is 5.47. The van der Waals surface area contributed by atoms with Crippen molar-refractivity contribution in [2.24, 2.45) is 0 Å². The molecule has 4 aromatic rings. The molecule has 0 radical (unpaired) electrons. The van der Waals surface area contributed by atoms with Crippen molar-refractivity contribution in [3.05, 3.63) is 72.4 Å². The van der Waals surface area contributed by atoms with Gasteiger partial charge in [0.1, 0.15) is 5.82 Å². The Morgan fingerprint density at radius 2 is 1.96 bits per heavy atom. The number of fused-ring (bicyclic) bond motifs is 1. The van der Waals surface area contributed by atoms with Crippen LogP contribution in [0.25, 0.3) is 22.2 Å². The highest BCUT2D eigenvalue weighted by Crippen LogP contribution is 2.35. The number of aromatic amines is 1. The monoisotopic (exact) mass is 357 g/mol. The third-order valence-corrected chi connectivity index (χ3v) is 5.21. The zero-order chi connectivity index (χ0) is 18.2. The molecular formula is C22H19N3O2. The van der Waals surface area contributed by atoms with Crippen LogP contribution in [0.3, 0.4) is 0 Å². The van der Waals surface area contributed by atoms with Crippen molar-refractivity contribution in [1.82, 2.24) is 9.97 Å². The minimum absolute atomic E-state index is 0.267. The third-order valence-electron chi connectivity index (χ3n) is 5.21. The Morgan fingerprint density at radius 3 is 2.74 bits per heavy atom. The fraction of sp³-hybridized carbons (Fsp3) is 0.182. The lowest BCUT2D eigenvalue weighted by Crippen LogP contribution is -2.11. The van der Waals surface area contributed by atoms with E-state index in [1.807, 2.05) is 54.6 Å². The fourth-order valence-corrected chi connectivity index (χ4v) is 3.50. The third kappa shape index (κ3) is 2.91. The number of hydrogen-bond donors (Lipinski definition) is 2. The average Bonchev–Trinajstić information content (AvgIpc) is 3.27. The number of carbonyl (C=O) groups is 1. The van der Waals surface area contributed by atoms with E-state index in [-0.39, 0.29) is 5.91 Å². The Bertz CT molecular complexity index is 1110. The molecule has 0 atom stereocenters. The zero-order valence-electron chi connectivity index (χ0n) is 14.7. The topological polar surface area (TPSA) is 70.9 Å². The van der Waals surface area contributed by atoms with Crippen molar-refractivity contribution < 1.29 is 9.21 Å². The molecule has 1 amide bonds. The normalized spacial score (nSPS) is 14.2. The van der Waals surface area contributed by atoms with Crippen molar-refractivity contribution in [2.75, 3.05) is 5.32 Å². The molecule has 0 unspecified atom stereocenters. The van der Waals surface area contributed by atoms with Crippen molar-refractivity contribution in [2.45, 2.75) is 25.2 Å². The predicted molar refractivity (Wildman–Crippen MR) is 105 cm³/mol. The van der Waals surface area contributed by atoms with E-state index < -0.39 is 0 Å². The minimum Gasteiger partial charge on any atom is -0.459 e. The fourth-order valence-electron chi connectivity index (χ4n) is 3.50. The summed E-state index contributed by atoms with van der Waals surface area (Å²) in [5.41, 5.74) is 4.32. The van der Waals surface area contributed by atoms with Gasteiger partial charge in [-0.05, 0) is 42.7 Å². The van der Waals surface area contributed by atoms with Crippen LogP contribution in [0.2, 0.25) is 0 Å². The van der Waals surface area contributed by atoms with E-state index in [4.69, 9.17) is 4.42 Å². The Kier molecular flexibility index (Phi) is 3.78. The van der Waals surface area contributed by atoms with Crippen molar-refractivity contribution in [1.29, 1.82) is 0 Å². The molecule has 2 N–H and O–H groups in total. The molecule has 1 saturated carbocycles. The van der Waals surface area contributed by atoms with Crippen LogP contribution in [0.4, 0.5) is 5.69 Å². The van der Waals surface area contributed by atoms with Gasteiger partial charge in [0.2, 0.25) is 0 Å². The Labute approximate surface area is 156 Å². The van der Waals surface area contributed by atoms with E-state index in [0.29, 0.717) is 17.4 Å². The van der Waals surface area contributed by atoms with Crippen molar-refractivity contribution >= 4 is 22.6 Å². The van der Waals surface area contributed by atoms with Gasteiger partial charge in [0.05, 0.1) is 17.3 Å². The summed E-state index contributed by atoms with van der Waals surface area (Å²) in [5.74, 6) is 1.64. The Balaban J connectivity index is 1.40. The molecule has 2 aromatic carbocycles. The maximum atomic E-state index is 12.7. The highest BCUT2D eigenvalue weighted by Gasteiger charge is 2.23. The van der Waals surface area contributed by atoms with Crippen LogP contribution in [0.15, 0.2) is 65.3 Å². The molecule has 1 aliphatic rings. The molecule has 0 bridgehead atoms. The van der Waals surface area contributed by atoms with Crippen LogP contribution >= 0.6 is 0 Å². The number of nitrogens with one attached hydrogen (secondary N) is 2. The van der Waals surface area contributed by atoms with Gasteiger partial charge in [-0.2, -0.15) is 0 Å². The lowest BCUT2D eigenvalue weighted by molar-refractivity contribution is 0.0997. The number of imidazole rings is 1. The smallest absolute Gasteiger partial charge is 0.292 e. The standard InChI is InChI=1S/C22H19N3O2/c26-22(20-17(11-12-27-20)14-5-2-1-3-6-14)23-16-9-10-18-19(13-16)25-21(24-18)15-7-4-8-15/h1-3,5-6,9-13,15H,4,7-8H2,(H,23,26)(H,24,25). The second kappa shape index (κ2) is 6.43. The van der Waals surface area contributed by atoms with Gasteiger partial charge in [-0.3, -0.25) is 4.79 Å². The highest BCUT2D eigenvalue weighted by molar-refractivity contribution is 6.07. The maximum Gasteiger partial charge on any atom is 0.292 e. The Morgan fingerprint density at radius 1 is 1.11 bits per heavy atom. The van der Waals surface area contributed by atoms with E-state index in [1.165, 1.54) is 19.3 Å². The van der Waals surface area contributed by atoms with Gasteiger partial charge < -0.3 is 14.7 Å². The largest absolute Gasteiger partial charge is 0.459 e. The summed E-state index contributed by atoms with van der Waals surface area (Å²) in [4.78, 5) is 20.8. The number of rotatable bonds is 4. The van der Waals surface area contributed by atoms with Gasteiger partial charge in [0, 0.05) is 17.2 Å². The number of hydrogen-bond acceptors (Lipinski definition) is 3. The van der Waals surface area contributed by atoms with Crippen LogP contribution in [-0.4, -0.2) is 15.9 Å². The van der Waals surface area contributed by atoms with Crippen LogP contribution in [0.1, 0.15) is 41.6 Å². The van der Waals surface area contributed by atoms with E-state index in [1.54, 1.807) is 6.26 Å². The molecule has 2 heterocycles. The molecular weight excluding hydrogens is 338 g/mol. The van der Waals surface area contributed by atoms with Crippen molar-refractivity contribution in [3.8, 4) is 11.1 Å². The number of amides is 1. The summed E-state index contributed by atoms with van der Waals surface area (Å²) in [5, 5.41) is 2.93. The molecule has 0 aliphatic heterocycles. The van der Waals surface area contributed by atoms with Crippen LogP contribution in [-0.2, 0) is 0 Å². The quantitative estimate of drug-likeness (QED) is 0.518. The van der Waals surface area contributed by atoms with Crippen LogP contribution in [0.5, 0.6) is 0 Å². The number of benzene rings is 2. The first-order chi connectivity index (χ1) is 13.3. The number of carbonyl (C=O) groups excluding carboxylic acids is 1. The van der Waals surface area contributed by atoms with Gasteiger partial charge in [0.15, 0.2) is 5.76 Å². The van der Waals surface area contributed by atoms with E-state index >= 15 is 0 Å². The highest BCUT2D eigenvalue weighted by atomic mass is 16.3. The molecule has 0 saturated heterocycles. The van der Waals surface area contributed by atoms with Gasteiger partial charge in [-0.1, -0.05) is 36.8 Å². The SMILES string of the molecule is O=C(Nc1ccc2nc(C3CCC3)[nH]c2c1)c1occc1-c1ccccc1. The minimum atomic E-state index is -0.267. The maximum absolute atomic E-state index is 12.7. The van der Waals surface area contributed by atoms with Gasteiger partial charge in [-0.15, -0.1) is 0 Å². The molecule has 1 aliphatic carbocycles. The second-order valence-electron chi connectivity index (χ2n) is 6.97. The lowest BCUT2D eigenvalue weighted by atomic mass is 9.85. The van der Waals surface area contributed by atoms with E-state index in [9.17, 15) is 4.79 Å². The van der Waals surface area contributed by atoms with Gasteiger partial charge >= 0.3 is 0 Å².